The summed E-state index contributed by atoms with van der Waals surface area (Å²) in [7, 11) is 1.45. The molecule has 2 fully saturated rings. The number of alkyl halides is 2. The fourth-order valence-electron chi connectivity index (χ4n) is 3.40. The maximum atomic E-state index is 15.3. The molecular weight excluding hydrogens is 366 g/mol. The van der Waals surface area contributed by atoms with Gasteiger partial charge in [0.05, 0.1) is 37.5 Å². The van der Waals surface area contributed by atoms with Gasteiger partial charge in [-0.05, 0) is 13.2 Å². The molecule has 0 saturated carbocycles. The number of hydrogen-bond acceptors (Lipinski definition) is 6. The van der Waals surface area contributed by atoms with Crippen LogP contribution in [0.15, 0.2) is 11.4 Å². The molecule has 1 aromatic rings. The standard InChI is InChI=1S/C16H20F2N4O3S/c1-10-11(6-19-14(20-10)26-3)12(23)22-8-15(17)7-21(4-5-25-2)13(24)16(15,18)9-22/h6H,4-5,7-9H2,1-3H3/t15-,16-/m0/s1. The van der Waals surface area contributed by atoms with Gasteiger partial charge in [0.2, 0.25) is 5.67 Å². The number of amides is 2. The summed E-state index contributed by atoms with van der Waals surface area (Å²) in [6, 6.07) is 0. The van der Waals surface area contributed by atoms with Gasteiger partial charge in [-0.3, -0.25) is 9.59 Å². The second-order valence-electron chi connectivity index (χ2n) is 6.50. The van der Waals surface area contributed by atoms with E-state index in [1.54, 1.807) is 13.2 Å². The van der Waals surface area contributed by atoms with Crippen molar-refractivity contribution in [1.29, 1.82) is 0 Å². The van der Waals surface area contributed by atoms with E-state index in [9.17, 15) is 9.59 Å². The lowest BCUT2D eigenvalue weighted by Gasteiger charge is -2.22. The van der Waals surface area contributed by atoms with Crippen molar-refractivity contribution in [1.82, 2.24) is 19.8 Å². The van der Waals surface area contributed by atoms with Crippen molar-refractivity contribution in [3.8, 4) is 0 Å². The van der Waals surface area contributed by atoms with E-state index in [4.69, 9.17) is 4.74 Å². The molecule has 2 amide bonds. The molecule has 0 aromatic carbocycles. The molecule has 2 aliphatic rings. The first-order chi connectivity index (χ1) is 12.3. The number of halogens is 2. The lowest BCUT2D eigenvalue weighted by atomic mass is 9.93. The normalized spacial score (nSPS) is 28.0. The van der Waals surface area contributed by atoms with Crippen LogP contribution in [0.3, 0.4) is 0 Å². The highest BCUT2D eigenvalue weighted by molar-refractivity contribution is 7.98. The lowest BCUT2D eigenvalue weighted by Crippen LogP contribution is -2.47. The topological polar surface area (TPSA) is 75.6 Å². The third-order valence-corrected chi connectivity index (χ3v) is 5.41. The molecule has 7 nitrogen and oxygen atoms in total. The average Bonchev–Trinajstić information content (AvgIpc) is 2.98. The van der Waals surface area contributed by atoms with Crippen LogP contribution in [0, 0.1) is 6.92 Å². The van der Waals surface area contributed by atoms with Crippen LogP contribution in [0.1, 0.15) is 16.1 Å². The van der Waals surface area contributed by atoms with E-state index in [0.717, 1.165) is 9.80 Å². The number of nitrogens with zero attached hydrogens (tertiary/aromatic N) is 4. The van der Waals surface area contributed by atoms with Gasteiger partial charge in [0, 0.05) is 19.9 Å². The van der Waals surface area contributed by atoms with Crippen LogP contribution in [0.25, 0.3) is 0 Å². The smallest absolute Gasteiger partial charge is 0.265 e. The Morgan fingerprint density at radius 2 is 2.12 bits per heavy atom. The summed E-state index contributed by atoms with van der Waals surface area (Å²) in [6.45, 7) is 0.453. The molecule has 3 rings (SSSR count). The molecule has 10 heteroatoms. The Labute approximate surface area is 154 Å². The van der Waals surface area contributed by atoms with Crippen molar-refractivity contribution in [3.05, 3.63) is 17.5 Å². The highest BCUT2D eigenvalue weighted by Gasteiger charge is 2.71. The number of rotatable bonds is 5. The third-order valence-electron chi connectivity index (χ3n) is 4.85. The van der Waals surface area contributed by atoms with Gasteiger partial charge in [-0.2, -0.15) is 0 Å². The lowest BCUT2D eigenvalue weighted by molar-refractivity contribution is -0.139. The first kappa shape index (κ1) is 19.0. The van der Waals surface area contributed by atoms with Crippen LogP contribution >= 0.6 is 11.8 Å². The average molecular weight is 386 g/mol. The molecule has 1 aromatic heterocycles. The van der Waals surface area contributed by atoms with Crippen molar-refractivity contribution >= 4 is 23.6 Å². The number of aryl methyl sites for hydroxylation is 1. The summed E-state index contributed by atoms with van der Waals surface area (Å²) >= 11 is 1.33. The second-order valence-corrected chi connectivity index (χ2v) is 7.28. The van der Waals surface area contributed by atoms with E-state index < -0.39 is 42.8 Å². The quantitative estimate of drug-likeness (QED) is 0.552. The molecule has 0 unspecified atom stereocenters. The van der Waals surface area contributed by atoms with Gasteiger partial charge >= 0.3 is 0 Å². The third kappa shape index (κ3) is 2.84. The SMILES string of the molecule is COCCN1C[C@]2(F)CN(C(=O)c3cnc(SC)nc3C)C[C@]2(F)C1=O. The van der Waals surface area contributed by atoms with Gasteiger partial charge in [-0.25, -0.2) is 18.7 Å². The highest BCUT2D eigenvalue weighted by atomic mass is 32.2. The number of carbonyl (C=O) groups is 2. The molecule has 0 aliphatic carbocycles. The predicted octanol–water partition coefficient (Wildman–Crippen LogP) is 0.868. The van der Waals surface area contributed by atoms with Crippen molar-refractivity contribution in [2.75, 3.05) is 46.2 Å². The van der Waals surface area contributed by atoms with E-state index in [1.807, 2.05) is 0 Å². The molecule has 2 saturated heterocycles. The van der Waals surface area contributed by atoms with Gasteiger partial charge in [0.1, 0.15) is 0 Å². The van der Waals surface area contributed by atoms with Crippen LogP contribution < -0.4 is 0 Å². The molecular formula is C16H20F2N4O3S. The van der Waals surface area contributed by atoms with Crippen LogP contribution in [0.2, 0.25) is 0 Å². The molecule has 2 atom stereocenters. The van der Waals surface area contributed by atoms with Crippen LogP contribution in [0.4, 0.5) is 8.78 Å². The zero-order valence-electron chi connectivity index (χ0n) is 14.8. The maximum Gasteiger partial charge on any atom is 0.265 e. The Morgan fingerprint density at radius 3 is 2.69 bits per heavy atom. The number of ether oxygens (including phenoxy) is 1. The van der Waals surface area contributed by atoms with Crippen LogP contribution in [-0.2, 0) is 9.53 Å². The Hall–Kier alpha value is -1.81. The zero-order chi connectivity index (χ0) is 19.1. The minimum atomic E-state index is -2.73. The van der Waals surface area contributed by atoms with Gasteiger partial charge in [-0.1, -0.05) is 11.8 Å². The molecule has 0 spiro atoms. The summed E-state index contributed by atoms with van der Waals surface area (Å²) in [5.74, 6) is -1.51. The van der Waals surface area contributed by atoms with E-state index in [1.165, 1.54) is 25.1 Å². The molecule has 0 N–H and O–H groups in total. The Bertz CT molecular complexity index is 752. The summed E-state index contributed by atoms with van der Waals surface area (Å²) in [4.78, 5) is 35.5. The van der Waals surface area contributed by atoms with Crippen molar-refractivity contribution in [3.63, 3.8) is 0 Å². The summed E-state index contributed by atoms with van der Waals surface area (Å²) in [5, 5.41) is 0.505. The number of thioether (sulfide) groups is 1. The molecule has 2 aliphatic heterocycles. The highest BCUT2D eigenvalue weighted by Crippen LogP contribution is 2.45. The Kier molecular flexibility index (Phi) is 4.91. The largest absolute Gasteiger partial charge is 0.383 e. The van der Waals surface area contributed by atoms with Gasteiger partial charge in [0.25, 0.3) is 11.8 Å². The van der Waals surface area contributed by atoms with Crippen LogP contribution in [-0.4, -0.2) is 89.1 Å². The van der Waals surface area contributed by atoms with Crippen molar-refractivity contribution < 1.29 is 23.1 Å². The summed E-state index contributed by atoms with van der Waals surface area (Å²) in [6.07, 6.45) is 3.16. The number of methoxy groups -OCH3 is 1. The number of carbonyl (C=O) groups excluding carboxylic acids is 2. The predicted molar refractivity (Wildman–Crippen MR) is 90.6 cm³/mol. The fraction of sp³-hybridized carbons (Fsp3) is 0.625. The first-order valence-electron chi connectivity index (χ1n) is 8.09. The Morgan fingerprint density at radius 1 is 1.38 bits per heavy atom. The van der Waals surface area contributed by atoms with Gasteiger partial charge < -0.3 is 14.5 Å². The fourth-order valence-corrected chi connectivity index (χ4v) is 3.78. The maximum absolute atomic E-state index is 15.3. The zero-order valence-corrected chi connectivity index (χ0v) is 15.6. The molecule has 142 valence electrons. The first-order valence-corrected chi connectivity index (χ1v) is 9.31. The van der Waals surface area contributed by atoms with E-state index >= 15 is 8.78 Å². The number of likely N-dealkylation sites (tertiary alicyclic amines) is 2. The molecule has 0 bridgehead atoms. The number of hydrogen-bond donors (Lipinski definition) is 0. The summed E-state index contributed by atoms with van der Waals surface area (Å²) in [5.41, 5.74) is -4.55. The van der Waals surface area contributed by atoms with Crippen molar-refractivity contribution in [2.24, 2.45) is 0 Å². The van der Waals surface area contributed by atoms with Gasteiger partial charge in [0.15, 0.2) is 10.8 Å². The van der Waals surface area contributed by atoms with E-state index in [2.05, 4.69) is 9.97 Å². The number of aromatic nitrogens is 2. The van der Waals surface area contributed by atoms with E-state index in [-0.39, 0.29) is 18.7 Å². The minimum Gasteiger partial charge on any atom is -0.383 e. The number of fused-ring (bicyclic) bond motifs is 1. The molecule has 26 heavy (non-hydrogen) atoms. The molecule has 0 radical (unpaired) electrons. The van der Waals surface area contributed by atoms with Crippen molar-refractivity contribution in [2.45, 2.75) is 23.4 Å². The van der Waals surface area contributed by atoms with Gasteiger partial charge in [-0.15, -0.1) is 0 Å². The second kappa shape index (κ2) is 6.73. The monoisotopic (exact) mass is 386 g/mol. The Balaban J connectivity index is 1.80. The minimum absolute atomic E-state index is 0.115. The summed E-state index contributed by atoms with van der Waals surface area (Å²) < 4.78 is 35.4. The van der Waals surface area contributed by atoms with E-state index in [0.29, 0.717) is 10.9 Å². The van der Waals surface area contributed by atoms with Crippen LogP contribution in [0.5, 0.6) is 0 Å². The molecule has 3 heterocycles.